The van der Waals surface area contributed by atoms with Crippen molar-refractivity contribution in [2.24, 2.45) is 0 Å². The standard InChI is InChI=1S/C22H25ClN2O4/c1-17(29-21(26)16-28-20-9-7-19(23)8-10-20)22(27)25-13-11-24(12-14-25)15-18-5-3-2-4-6-18/h2-10,17H,11-16H2,1H3. The van der Waals surface area contributed by atoms with E-state index in [2.05, 4.69) is 17.0 Å². The quantitative estimate of drug-likeness (QED) is 0.649. The van der Waals surface area contributed by atoms with Crippen molar-refractivity contribution in [1.29, 1.82) is 0 Å². The number of benzene rings is 2. The van der Waals surface area contributed by atoms with Crippen LogP contribution >= 0.6 is 11.6 Å². The fraction of sp³-hybridized carbons (Fsp3) is 0.364. The van der Waals surface area contributed by atoms with E-state index in [1.807, 2.05) is 18.2 Å². The maximum atomic E-state index is 12.6. The lowest BCUT2D eigenvalue weighted by Gasteiger charge is -2.35. The average molecular weight is 417 g/mol. The fourth-order valence-electron chi connectivity index (χ4n) is 3.18. The Morgan fingerprint density at radius 1 is 1.00 bits per heavy atom. The van der Waals surface area contributed by atoms with Crippen LogP contribution in [0.5, 0.6) is 5.75 Å². The van der Waals surface area contributed by atoms with Gasteiger partial charge in [-0.05, 0) is 36.8 Å². The van der Waals surface area contributed by atoms with Crippen molar-refractivity contribution in [1.82, 2.24) is 9.80 Å². The molecule has 1 unspecified atom stereocenters. The molecule has 1 saturated heterocycles. The number of carbonyl (C=O) groups excluding carboxylic acids is 2. The number of rotatable bonds is 7. The summed E-state index contributed by atoms with van der Waals surface area (Å²) in [5, 5.41) is 0.586. The number of amides is 1. The van der Waals surface area contributed by atoms with E-state index >= 15 is 0 Å². The van der Waals surface area contributed by atoms with Gasteiger partial charge in [0.05, 0.1) is 0 Å². The maximum absolute atomic E-state index is 12.6. The van der Waals surface area contributed by atoms with Gasteiger partial charge in [-0.25, -0.2) is 4.79 Å². The second kappa shape index (κ2) is 10.3. The van der Waals surface area contributed by atoms with Crippen molar-refractivity contribution in [3.05, 3.63) is 65.2 Å². The smallest absolute Gasteiger partial charge is 0.344 e. The molecule has 1 heterocycles. The zero-order valence-electron chi connectivity index (χ0n) is 16.4. The first kappa shape index (κ1) is 21.1. The van der Waals surface area contributed by atoms with Crippen molar-refractivity contribution in [2.45, 2.75) is 19.6 Å². The number of nitrogens with zero attached hydrogens (tertiary/aromatic N) is 2. The Hall–Kier alpha value is -2.57. The average Bonchev–Trinajstić information content (AvgIpc) is 2.74. The normalized spacial score (nSPS) is 15.6. The van der Waals surface area contributed by atoms with Crippen LogP contribution in [-0.4, -0.2) is 60.6 Å². The molecule has 2 aromatic carbocycles. The van der Waals surface area contributed by atoms with Gasteiger partial charge in [0.25, 0.3) is 5.91 Å². The van der Waals surface area contributed by atoms with Crippen LogP contribution in [0.3, 0.4) is 0 Å². The molecule has 1 aliphatic heterocycles. The molecule has 3 rings (SSSR count). The van der Waals surface area contributed by atoms with Crippen LogP contribution in [-0.2, 0) is 20.9 Å². The molecule has 0 radical (unpaired) electrons. The zero-order valence-corrected chi connectivity index (χ0v) is 17.2. The summed E-state index contributed by atoms with van der Waals surface area (Å²) < 4.78 is 10.6. The van der Waals surface area contributed by atoms with Crippen LogP contribution in [0.4, 0.5) is 0 Å². The van der Waals surface area contributed by atoms with Gasteiger partial charge in [0, 0.05) is 37.7 Å². The largest absolute Gasteiger partial charge is 0.482 e. The minimum Gasteiger partial charge on any atom is -0.482 e. The molecule has 29 heavy (non-hydrogen) atoms. The van der Waals surface area contributed by atoms with Gasteiger partial charge < -0.3 is 14.4 Å². The number of carbonyl (C=O) groups is 2. The van der Waals surface area contributed by atoms with E-state index in [0.29, 0.717) is 23.9 Å². The Labute approximate surface area is 176 Å². The lowest BCUT2D eigenvalue weighted by molar-refractivity contribution is -0.161. The molecule has 1 amide bonds. The van der Waals surface area contributed by atoms with Crippen LogP contribution in [0, 0.1) is 0 Å². The Bertz CT molecular complexity index is 805. The molecule has 1 aliphatic rings. The molecule has 1 atom stereocenters. The van der Waals surface area contributed by atoms with Gasteiger partial charge in [-0.1, -0.05) is 41.9 Å². The predicted octanol–water partition coefficient (Wildman–Crippen LogP) is 2.99. The number of esters is 1. The Morgan fingerprint density at radius 2 is 1.66 bits per heavy atom. The molecule has 0 spiro atoms. The number of piperazine rings is 1. The third kappa shape index (κ3) is 6.48. The molecule has 0 N–H and O–H groups in total. The topological polar surface area (TPSA) is 59.1 Å². The number of hydrogen-bond donors (Lipinski definition) is 0. The lowest BCUT2D eigenvalue weighted by Crippen LogP contribution is -2.51. The van der Waals surface area contributed by atoms with Gasteiger partial charge in [-0.3, -0.25) is 9.69 Å². The van der Waals surface area contributed by atoms with Gasteiger partial charge in [0.2, 0.25) is 0 Å². The van der Waals surface area contributed by atoms with E-state index in [9.17, 15) is 9.59 Å². The van der Waals surface area contributed by atoms with Gasteiger partial charge in [-0.15, -0.1) is 0 Å². The van der Waals surface area contributed by atoms with E-state index in [0.717, 1.165) is 19.6 Å². The molecule has 0 aromatic heterocycles. The summed E-state index contributed by atoms with van der Waals surface area (Å²) in [7, 11) is 0. The van der Waals surface area contributed by atoms with Crippen LogP contribution < -0.4 is 4.74 Å². The highest BCUT2D eigenvalue weighted by Crippen LogP contribution is 2.15. The molecular weight excluding hydrogens is 392 g/mol. The molecular formula is C22H25ClN2O4. The number of halogens is 1. The minimum absolute atomic E-state index is 0.177. The SMILES string of the molecule is CC(OC(=O)COc1ccc(Cl)cc1)C(=O)N1CCN(Cc2ccccc2)CC1. The van der Waals surface area contributed by atoms with E-state index < -0.39 is 12.1 Å². The first-order chi connectivity index (χ1) is 14.0. The molecule has 0 bridgehead atoms. The second-order valence-corrected chi connectivity index (χ2v) is 7.40. The second-order valence-electron chi connectivity index (χ2n) is 6.96. The Balaban J connectivity index is 1.39. The summed E-state index contributed by atoms with van der Waals surface area (Å²) in [6.45, 7) is 5.03. The van der Waals surface area contributed by atoms with Crippen LogP contribution in [0.15, 0.2) is 54.6 Å². The third-order valence-electron chi connectivity index (χ3n) is 4.76. The summed E-state index contributed by atoms with van der Waals surface area (Å²) in [5.41, 5.74) is 1.26. The highest BCUT2D eigenvalue weighted by Gasteiger charge is 2.27. The van der Waals surface area contributed by atoms with Gasteiger partial charge >= 0.3 is 5.97 Å². The molecule has 0 aliphatic carbocycles. The van der Waals surface area contributed by atoms with Gasteiger partial charge in [0.15, 0.2) is 12.7 Å². The lowest BCUT2D eigenvalue weighted by atomic mass is 10.2. The highest BCUT2D eigenvalue weighted by molar-refractivity contribution is 6.30. The van der Waals surface area contributed by atoms with Crippen molar-refractivity contribution in [2.75, 3.05) is 32.8 Å². The van der Waals surface area contributed by atoms with Crippen molar-refractivity contribution < 1.29 is 19.1 Å². The fourth-order valence-corrected chi connectivity index (χ4v) is 3.31. The Kier molecular flexibility index (Phi) is 7.49. The minimum atomic E-state index is -0.836. The van der Waals surface area contributed by atoms with Gasteiger partial charge in [-0.2, -0.15) is 0 Å². The van der Waals surface area contributed by atoms with Crippen molar-refractivity contribution in [3.8, 4) is 5.75 Å². The van der Waals surface area contributed by atoms with E-state index in [4.69, 9.17) is 21.1 Å². The summed E-state index contributed by atoms with van der Waals surface area (Å²) >= 11 is 5.81. The third-order valence-corrected chi connectivity index (χ3v) is 5.01. The highest BCUT2D eigenvalue weighted by atomic mass is 35.5. The van der Waals surface area contributed by atoms with E-state index in [1.165, 1.54) is 5.56 Å². The van der Waals surface area contributed by atoms with Crippen LogP contribution in [0.25, 0.3) is 0 Å². The molecule has 6 nitrogen and oxygen atoms in total. The molecule has 7 heteroatoms. The van der Waals surface area contributed by atoms with Crippen LogP contribution in [0.2, 0.25) is 5.02 Å². The van der Waals surface area contributed by atoms with Crippen molar-refractivity contribution in [3.63, 3.8) is 0 Å². The zero-order chi connectivity index (χ0) is 20.6. The number of hydrogen-bond acceptors (Lipinski definition) is 5. The van der Waals surface area contributed by atoms with Crippen LogP contribution in [0.1, 0.15) is 12.5 Å². The predicted molar refractivity (Wildman–Crippen MR) is 111 cm³/mol. The number of ether oxygens (including phenoxy) is 2. The molecule has 1 fully saturated rings. The summed E-state index contributed by atoms with van der Waals surface area (Å²) in [6, 6.07) is 16.9. The first-order valence-electron chi connectivity index (χ1n) is 9.64. The Morgan fingerprint density at radius 3 is 2.31 bits per heavy atom. The first-order valence-corrected chi connectivity index (χ1v) is 10.0. The summed E-state index contributed by atoms with van der Waals surface area (Å²) in [5.74, 6) is -0.243. The molecule has 154 valence electrons. The van der Waals surface area contributed by atoms with E-state index in [1.54, 1.807) is 36.1 Å². The summed E-state index contributed by atoms with van der Waals surface area (Å²) in [4.78, 5) is 28.6. The van der Waals surface area contributed by atoms with Gasteiger partial charge in [0.1, 0.15) is 5.75 Å². The van der Waals surface area contributed by atoms with E-state index in [-0.39, 0.29) is 12.5 Å². The van der Waals surface area contributed by atoms with Crippen molar-refractivity contribution >= 4 is 23.5 Å². The molecule has 2 aromatic rings. The maximum Gasteiger partial charge on any atom is 0.344 e. The molecule has 0 saturated carbocycles. The monoisotopic (exact) mass is 416 g/mol. The summed E-state index contributed by atoms with van der Waals surface area (Å²) in [6.07, 6.45) is -0.836.